The topological polar surface area (TPSA) is 130 Å². The third kappa shape index (κ3) is 2.81. The molecule has 1 aromatic carbocycles. The number of ketones is 1. The van der Waals surface area contributed by atoms with Crippen LogP contribution in [-0.2, 0) is 4.79 Å². The molecule has 2 aliphatic rings. The molecule has 0 fully saturated rings. The van der Waals surface area contributed by atoms with Crippen molar-refractivity contribution in [2.45, 2.75) is 25.2 Å². The number of carbonyl (C=O) groups excluding carboxylic acids is 1. The number of H-pyrrole nitrogens is 1. The van der Waals surface area contributed by atoms with Crippen LogP contribution < -0.4 is 20.1 Å². The predicted octanol–water partition coefficient (Wildman–Crippen LogP) is 2.13. The lowest BCUT2D eigenvalue weighted by atomic mass is 9.75. The molecule has 9 heteroatoms. The second-order valence-electron chi connectivity index (χ2n) is 6.71. The van der Waals surface area contributed by atoms with Crippen LogP contribution in [0, 0.1) is 11.3 Å². The molecular formula is C20H20N6O3. The van der Waals surface area contributed by atoms with E-state index in [-0.39, 0.29) is 17.2 Å². The van der Waals surface area contributed by atoms with Crippen LogP contribution in [0.25, 0.3) is 0 Å². The summed E-state index contributed by atoms with van der Waals surface area (Å²) in [7, 11) is 3.07. The van der Waals surface area contributed by atoms with Crippen LogP contribution in [0.1, 0.15) is 30.7 Å². The number of hydrogen-bond donors (Lipinski definition) is 2. The van der Waals surface area contributed by atoms with Gasteiger partial charge in [-0.3, -0.25) is 9.69 Å². The van der Waals surface area contributed by atoms with Crippen LogP contribution in [-0.4, -0.2) is 35.2 Å². The number of Topliss-reactive ketones (excluding diaryl/α,β-unsaturated/α-hetero) is 1. The number of methoxy groups -OCH3 is 2. The standard InChI is InChI=1S/C20H20N6O3/c1-28-15-8-3-5-11(18(15)29-2)16-12(9-21)19(22)26(20-23-10-24-25-20)13-6-4-7-14(27)17(13)16/h3,5,8,10,16H,4,6-7,22H2,1-2H3,(H,23,24,25). The number of hydrogen-bond acceptors (Lipinski definition) is 8. The predicted molar refractivity (Wildman–Crippen MR) is 104 cm³/mol. The quantitative estimate of drug-likeness (QED) is 0.809. The van der Waals surface area contributed by atoms with E-state index in [1.807, 2.05) is 6.07 Å². The number of carbonyl (C=O) groups is 1. The van der Waals surface area contributed by atoms with Crippen LogP contribution in [0.15, 0.2) is 47.2 Å². The Kier molecular flexibility index (Phi) is 4.68. The Morgan fingerprint density at radius 3 is 2.79 bits per heavy atom. The van der Waals surface area contributed by atoms with E-state index in [9.17, 15) is 10.1 Å². The summed E-state index contributed by atoms with van der Waals surface area (Å²) in [4.78, 5) is 18.9. The molecule has 1 aliphatic carbocycles. The van der Waals surface area contributed by atoms with Crippen LogP contribution in [0.3, 0.4) is 0 Å². The zero-order valence-electron chi connectivity index (χ0n) is 16.1. The molecule has 1 aliphatic heterocycles. The van der Waals surface area contributed by atoms with Gasteiger partial charge in [0.2, 0.25) is 5.95 Å². The number of nitrogens with one attached hydrogen (secondary N) is 1. The summed E-state index contributed by atoms with van der Waals surface area (Å²) >= 11 is 0. The van der Waals surface area contributed by atoms with Gasteiger partial charge in [0.25, 0.3) is 0 Å². The average molecular weight is 392 g/mol. The van der Waals surface area contributed by atoms with Crippen molar-refractivity contribution in [2.24, 2.45) is 5.73 Å². The first kappa shape index (κ1) is 18.6. The van der Waals surface area contributed by atoms with Crippen LogP contribution in [0.5, 0.6) is 11.5 Å². The van der Waals surface area contributed by atoms with E-state index in [1.54, 1.807) is 24.1 Å². The second-order valence-corrected chi connectivity index (χ2v) is 6.71. The van der Waals surface area contributed by atoms with E-state index in [4.69, 9.17) is 15.2 Å². The molecule has 2 heterocycles. The molecule has 1 aromatic heterocycles. The number of para-hydroxylation sites is 1. The Hall–Kier alpha value is -3.80. The fourth-order valence-electron chi connectivity index (χ4n) is 4.09. The number of allylic oxidation sites excluding steroid dienone is 3. The van der Waals surface area contributed by atoms with Crippen molar-refractivity contribution in [3.8, 4) is 17.6 Å². The summed E-state index contributed by atoms with van der Waals surface area (Å²) in [6.07, 6.45) is 3.09. The second kappa shape index (κ2) is 7.31. The van der Waals surface area contributed by atoms with Gasteiger partial charge in [0, 0.05) is 23.3 Å². The lowest BCUT2D eigenvalue weighted by Crippen LogP contribution is -2.39. The van der Waals surface area contributed by atoms with Crippen molar-refractivity contribution in [1.82, 2.24) is 15.2 Å². The summed E-state index contributed by atoms with van der Waals surface area (Å²) in [6, 6.07) is 7.60. The first-order valence-corrected chi connectivity index (χ1v) is 9.14. The zero-order valence-corrected chi connectivity index (χ0v) is 16.1. The summed E-state index contributed by atoms with van der Waals surface area (Å²) in [5.41, 5.74) is 8.61. The molecule has 148 valence electrons. The summed E-state index contributed by atoms with van der Waals surface area (Å²) in [5, 5.41) is 16.7. The largest absolute Gasteiger partial charge is 0.493 e. The molecule has 1 atom stereocenters. The van der Waals surface area contributed by atoms with Crippen molar-refractivity contribution in [2.75, 3.05) is 19.1 Å². The lowest BCUT2D eigenvalue weighted by molar-refractivity contribution is -0.116. The number of nitriles is 1. The fraction of sp³-hybridized carbons (Fsp3) is 0.300. The number of nitrogens with zero attached hydrogens (tertiary/aromatic N) is 4. The minimum absolute atomic E-state index is 0.0223. The highest BCUT2D eigenvalue weighted by Crippen LogP contribution is 2.49. The molecule has 2 aromatic rings. The Morgan fingerprint density at radius 2 is 2.14 bits per heavy atom. The zero-order chi connectivity index (χ0) is 20.5. The summed E-state index contributed by atoms with van der Waals surface area (Å²) < 4.78 is 11.0. The van der Waals surface area contributed by atoms with Gasteiger partial charge in [0.05, 0.1) is 31.8 Å². The number of rotatable bonds is 4. The maximum atomic E-state index is 13.1. The number of aromatic amines is 1. The van der Waals surface area contributed by atoms with E-state index in [2.05, 4.69) is 21.3 Å². The maximum Gasteiger partial charge on any atom is 0.231 e. The van der Waals surface area contributed by atoms with Gasteiger partial charge in [0.15, 0.2) is 17.3 Å². The summed E-state index contributed by atoms with van der Waals surface area (Å²) in [6.45, 7) is 0. The number of nitrogens with two attached hydrogens (primary N) is 1. The van der Waals surface area contributed by atoms with Crippen molar-refractivity contribution in [3.05, 3.63) is 52.8 Å². The molecular weight excluding hydrogens is 372 g/mol. The monoisotopic (exact) mass is 392 g/mol. The van der Waals surface area contributed by atoms with E-state index in [0.717, 1.165) is 5.70 Å². The van der Waals surface area contributed by atoms with Gasteiger partial charge in [-0.15, -0.1) is 0 Å². The number of ether oxygens (including phenoxy) is 2. The maximum absolute atomic E-state index is 13.1. The molecule has 0 saturated carbocycles. The van der Waals surface area contributed by atoms with Gasteiger partial charge in [-0.2, -0.15) is 15.3 Å². The average Bonchev–Trinajstić information content (AvgIpc) is 3.26. The highest BCUT2D eigenvalue weighted by molar-refractivity contribution is 6.01. The summed E-state index contributed by atoms with van der Waals surface area (Å²) in [5.74, 6) is 0.904. The minimum Gasteiger partial charge on any atom is -0.493 e. The van der Waals surface area contributed by atoms with E-state index in [0.29, 0.717) is 47.8 Å². The number of anilines is 1. The van der Waals surface area contributed by atoms with Gasteiger partial charge in [0.1, 0.15) is 12.1 Å². The van der Waals surface area contributed by atoms with Gasteiger partial charge >= 0.3 is 0 Å². The third-order valence-electron chi connectivity index (χ3n) is 5.27. The van der Waals surface area contributed by atoms with Crippen molar-refractivity contribution in [3.63, 3.8) is 0 Å². The molecule has 0 bridgehead atoms. The molecule has 0 saturated heterocycles. The Labute approximate surface area is 167 Å². The Balaban J connectivity index is 2.01. The molecule has 1 unspecified atom stereocenters. The molecule has 3 N–H and O–H groups in total. The normalized spacial score (nSPS) is 19.1. The Bertz CT molecular complexity index is 1060. The minimum atomic E-state index is -0.646. The molecule has 0 spiro atoms. The van der Waals surface area contributed by atoms with Gasteiger partial charge < -0.3 is 15.2 Å². The van der Waals surface area contributed by atoms with Gasteiger partial charge in [-0.1, -0.05) is 12.1 Å². The highest BCUT2D eigenvalue weighted by Gasteiger charge is 2.42. The van der Waals surface area contributed by atoms with E-state index >= 15 is 0 Å². The number of aromatic nitrogens is 3. The van der Waals surface area contributed by atoms with Gasteiger partial charge in [-0.25, -0.2) is 5.10 Å². The highest BCUT2D eigenvalue weighted by atomic mass is 16.5. The van der Waals surface area contributed by atoms with Crippen molar-refractivity contribution < 1.29 is 14.3 Å². The SMILES string of the molecule is COc1cccc(C2C(C#N)=C(N)N(c3ncn[nH]3)C3=C2C(=O)CCC3)c1OC. The molecule has 9 nitrogen and oxygen atoms in total. The third-order valence-corrected chi connectivity index (χ3v) is 5.27. The van der Waals surface area contributed by atoms with Gasteiger partial charge in [-0.05, 0) is 18.9 Å². The van der Waals surface area contributed by atoms with E-state index < -0.39 is 5.92 Å². The molecule has 4 rings (SSSR count). The molecule has 0 amide bonds. The van der Waals surface area contributed by atoms with Crippen LogP contribution in [0.4, 0.5) is 5.95 Å². The Morgan fingerprint density at radius 1 is 1.31 bits per heavy atom. The van der Waals surface area contributed by atoms with Crippen LogP contribution in [0.2, 0.25) is 0 Å². The first-order valence-electron chi connectivity index (χ1n) is 9.14. The van der Waals surface area contributed by atoms with E-state index in [1.165, 1.54) is 13.4 Å². The first-order chi connectivity index (χ1) is 14.1. The molecule has 0 radical (unpaired) electrons. The fourth-order valence-corrected chi connectivity index (χ4v) is 4.09. The lowest BCUT2D eigenvalue weighted by Gasteiger charge is -2.38. The molecule has 29 heavy (non-hydrogen) atoms. The smallest absolute Gasteiger partial charge is 0.231 e. The van der Waals surface area contributed by atoms with Crippen LogP contribution >= 0.6 is 0 Å². The van der Waals surface area contributed by atoms with Crippen molar-refractivity contribution >= 4 is 11.7 Å². The number of benzene rings is 1. The van der Waals surface area contributed by atoms with Crippen molar-refractivity contribution in [1.29, 1.82) is 5.26 Å².